The van der Waals surface area contributed by atoms with Crippen LogP contribution in [0.3, 0.4) is 0 Å². The van der Waals surface area contributed by atoms with E-state index >= 15 is 0 Å². The van der Waals surface area contributed by atoms with Crippen molar-refractivity contribution in [1.29, 1.82) is 0 Å². The van der Waals surface area contributed by atoms with Crippen molar-refractivity contribution < 1.29 is 19.1 Å². The summed E-state index contributed by atoms with van der Waals surface area (Å²) in [6.07, 6.45) is 0. The smallest absolute Gasteiger partial charge is 0.350 e. The number of rotatable bonds is 6. The van der Waals surface area contributed by atoms with E-state index in [1.807, 2.05) is 0 Å². The molecule has 0 aliphatic rings. The van der Waals surface area contributed by atoms with E-state index < -0.39 is 11.6 Å². The number of ketones is 1. The van der Waals surface area contributed by atoms with Crippen LogP contribution < -0.4 is 4.74 Å². The Hall–Kier alpha value is -1.85. The Bertz CT molecular complexity index is 724. The molecule has 0 unspecified atom stereocenters. The lowest BCUT2D eigenvalue weighted by Crippen LogP contribution is -2.40. The molecule has 6 heteroatoms. The summed E-state index contributed by atoms with van der Waals surface area (Å²) >= 11 is 9.11. The number of Topliss-reactive ketones (excluding diaryl/α,β-unsaturated/α-hetero) is 1. The predicted octanol–water partition coefficient (Wildman–Crippen LogP) is 4.69. The highest BCUT2D eigenvalue weighted by Crippen LogP contribution is 2.22. The SMILES string of the molecule is CC(C)(Oc1ccc(Cl)cc1)C(=O)OCC(=O)c1ccc(Br)cc1. The highest BCUT2D eigenvalue weighted by molar-refractivity contribution is 9.10. The number of esters is 1. The van der Waals surface area contributed by atoms with Crippen LogP contribution in [0.1, 0.15) is 24.2 Å². The maximum absolute atomic E-state index is 12.2. The number of hydrogen-bond donors (Lipinski definition) is 0. The van der Waals surface area contributed by atoms with Crippen molar-refractivity contribution >= 4 is 39.3 Å². The molecule has 24 heavy (non-hydrogen) atoms. The van der Waals surface area contributed by atoms with Crippen molar-refractivity contribution in [3.05, 3.63) is 63.6 Å². The van der Waals surface area contributed by atoms with Crippen molar-refractivity contribution in [2.45, 2.75) is 19.4 Å². The molecule has 0 saturated carbocycles. The quantitative estimate of drug-likeness (QED) is 0.511. The molecule has 0 bridgehead atoms. The first-order valence-corrected chi connectivity index (χ1v) is 8.35. The summed E-state index contributed by atoms with van der Waals surface area (Å²) in [4.78, 5) is 24.2. The van der Waals surface area contributed by atoms with Gasteiger partial charge in [0.25, 0.3) is 0 Å². The summed E-state index contributed by atoms with van der Waals surface area (Å²) in [6, 6.07) is 13.5. The lowest BCUT2D eigenvalue weighted by molar-refractivity contribution is -0.158. The molecule has 0 aliphatic carbocycles. The van der Waals surface area contributed by atoms with Gasteiger partial charge < -0.3 is 9.47 Å². The van der Waals surface area contributed by atoms with Gasteiger partial charge in [-0.05, 0) is 50.2 Å². The van der Waals surface area contributed by atoms with Crippen LogP contribution in [-0.4, -0.2) is 24.0 Å². The minimum atomic E-state index is -1.23. The van der Waals surface area contributed by atoms with Crippen LogP contribution in [0.4, 0.5) is 0 Å². The van der Waals surface area contributed by atoms with Gasteiger partial charge in [0.1, 0.15) is 5.75 Å². The van der Waals surface area contributed by atoms with Crippen LogP contribution in [0.15, 0.2) is 53.0 Å². The Labute approximate surface area is 153 Å². The molecule has 0 aliphatic heterocycles. The molecule has 0 spiro atoms. The monoisotopic (exact) mass is 410 g/mol. The zero-order valence-corrected chi connectivity index (χ0v) is 15.6. The van der Waals surface area contributed by atoms with E-state index in [9.17, 15) is 9.59 Å². The van der Waals surface area contributed by atoms with Crippen LogP contribution in [0.25, 0.3) is 0 Å². The highest BCUT2D eigenvalue weighted by atomic mass is 79.9. The van der Waals surface area contributed by atoms with Crippen molar-refractivity contribution in [3.8, 4) is 5.75 Å². The molecule has 0 N–H and O–H groups in total. The third-order valence-electron chi connectivity index (χ3n) is 3.18. The van der Waals surface area contributed by atoms with Gasteiger partial charge in [0, 0.05) is 15.1 Å². The summed E-state index contributed by atoms with van der Waals surface area (Å²) in [7, 11) is 0. The highest BCUT2D eigenvalue weighted by Gasteiger charge is 2.32. The first-order chi connectivity index (χ1) is 11.3. The van der Waals surface area contributed by atoms with E-state index in [0.717, 1.165) is 4.47 Å². The van der Waals surface area contributed by atoms with Gasteiger partial charge in [-0.15, -0.1) is 0 Å². The van der Waals surface area contributed by atoms with E-state index in [4.69, 9.17) is 21.1 Å². The van der Waals surface area contributed by atoms with Gasteiger partial charge in [-0.25, -0.2) is 4.79 Å². The van der Waals surface area contributed by atoms with Crippen LogP contribution in [-0.2, 0) is 9.53 Å². The Morgan fingerprint density at radius 1 is 1.04 bits per heavy atom. The topological polar surface area (TPSA) is 52.6 Å². The molecule has 2 aromatic rings. The standard InChI is InChI=1S/C18H16BrClO4/c1-18(2,24-15-9-7-14(20)8-10-15)17(22)23-11-16(21)12-3-5-13(19)6-4-12/h3-10H,11H2,1-2H3. The van der Waals surface area contributed by atoms with Crippen LogP contribution in [0.5, 0.6) is 5.75 Å². The van der Waals surface area contributed by atoms with Crippen molar-refractivity contribution in [2.24, 2.45) is 0 Å². The molecule has 0 radical (unpaired) electrons. The molecule has 2 aromatic carbocycles. The fraction of sp³-hybridized carbons (Fsp3) is 0.222. The van der Waals surface area contributed by atoms with Gasteiger partial charge in [0.15, 0.2) is 18.0 Å². The molecule has 126 valence electrons. The van der Waals surface area contributed by atoms with E-state index in [1.54, 1.807) is 62.4 Å². The summed E-state index contributed by atoms with van der Waals surface area (Å²) in [5, 5.41) is 0.572. The first kappa shape index (κ1) is 18.5. The Morgan fingerprint density at radius 2 is 1.62 bits per heavy atom. The number of benzene rings is 2. The maximum atomic E-state index is 12.2. The molecule has 0 aromatic heterocycles. The van der Waals surface area contributed by atoms with Gasteiger partial charge in [-0.2, -0.15) is 0 Å². The summed E-state index contributed by atoms with van der Waals surface area (Å²) in [6.45, 7) is 2.82. The summed E-state index contributed by atoms with van der Waals surface area (Å²) in [5.74, 6) is -0.415. The number of hydrogen-bond acceptors (Lipinski definition) is 4. The van der Waals surface area contributed by atoms with E-state index in [2.05, 4.69) is 15.9 Å². The minimum Gasteiger partial charge on any atom is -0.476 e. The fourth-order valence-corrected chi connectivity index (χ4v) is 2.25. The fourth-order valence-electron chi connectivity index (χ4n) is 1.86. The normalized spacial score (nSPS) is 11.0. The lowest BCUT2D eigenvalue weighted by atomic mass is 10.1. The second-order valence-electron chi connectivity index (χ2n) is 5.57. The summed E-state index contributed by atoms with van der Waals surface area (Å²) in [5.41, 5.74) is -0.754. The van der Waals surface area contributed by atoms with Gasteiger partial charge >= 0.3 is 5.97 Å². The second-order valence-corrected chi connectivity index (χ2v) is 6.92. The molecular formula is C18H16BrClO4. The van der Waals surface area contributed by atoms with Crippen LogP contribution >= 0.6 is 27.5 Å². The summed E-state index contributed by atoms with van der Waals surface area (Å²) < 4.78 is 11.6. The van der Waals surface area contributed by atoms with E-state index in [0.29, 0.717) is 16.3 Å². The Kier molecular flexibility index (Phi) is 6.02. The molecule has 0 fully saturated rings. The van der Waals surface area contributed by atoms with Crippen molar-refractivity contribution in [1.82, 2.24) is 0 Å². The van der Waals surface area contributed by atoms with Gasteiger partial charge in [-0.1, -0.05) is 39.7 Å². The second kappa shape index (κ2) is 7.81. The molecule has 0 saturated heterocycles. The minimum absolute atomic E-state index is 0.279. The number of halogens is 2. The van der Waals surface area contributed by atoms with Crippen LogP contribution in [0.2, 0.25) is 5.02 Å². The van der Waals surface area contributed by atoms with Crippen LogP contribution in [0, 0.1) is 0 Å². The van der Waals surface area contributed by atoms with E-state index in [-0.39, 0.29) is 12.4 Å². The number of ether oxygens (including phenoxy) is 2. The van der Waals surface area contributed by atoms with E-state index in [1.165, 1.54) is 0 Å². The van der Waals surface area contributed by atoms with Crippen molar-refractivity contribution in [3.63, 3.8) is 0 Å². The third-order valence-corrected chi connectivity index (χ3v) is 3.96. The number of carbonyl (C=O) groups excluding carboxylic acids is 2. The predicted molar refractivity (Wildman–Crippen MR) is 95.6 cm³/mol. The lowest BCUT2D eigenvalue weighted by Gasteiger charge is -2.24. The molecule has 0 atom stereocenters. The first-order valence-electron chi connectivity index (χ1n) is 7.18. The zero-order chi connectivity index (χ0) is 17.7. The molecule has 0 amide bonds. The van der Waals surface area contributed by atoms with Gasteiger partial charge in [-0.3, -0.25) is 4.79 Å². The maximum Gasteiger partial charge on any atom is 0.350 e. The Balaban J connectivity index is 1.93. The molecule has 4 nitrogen and oxygen atoms in total. The molecule has 0 heterocycles. The molecule has 2 rings (SSSR count). The Morgan fingerprint density at radius 3 is 2.21 bits per heavy atom. The zero-order valence-electron chi connectivity index (χ0n) is 13.2. The molecular weight excluding hydrogens is 396 g/mol. The van der Waals surface area contributed by atoms with Gasteiger partial charge in [0.05, 0.1) is 0 Å². The largest absolute Gasteiger partial charge is 0.476 e. The number of carbonyl (C=O) groups is 2. The third kappa shape index (κ3) is 5.08. The average molecular weight is 412 g/mol. The van der Waals surface area contributed by atoms with Crippen molar-refractivity contribution in [2.75, 3.05) is 6.61 Å². The average Bonchev–Trinajstić information content (AvgIpc) is 2.55. The van der Waals surface area contributed by atoms with Gasteiger partial charge in [0.2, 0.25) is 0 Å².